The van der Waals surface area contributed by atoms with Gasteiger partial charge in [0.05, 0.1) is 21.3 Å². The van der Waals surface area contributed by atoms with Gasteiger partial charge in [0.15, 0.2) is 11.5 Å². The van der Waals surface area contributed by atoms with E-state index in [-0.39, 0.29) is 23.9 Å². The summed E-state index contributed by atoms with van der Waals surface area (Å²) in [5, 5.41) is 0. The van der Waals surface area contributed by atoms with Gasteiger partial charge in [-0.25, -0.2) is 0 Å². The number of benzene rings is 1. The summed E-state index contributed by atoms with van der Waals surface area (Å²) in [6.45, 7) is 7.26. The Morgan fingerprint density at radius 1 is 1.13 bits per heavy atom. The van der Waals surface area contributed by atoms with Crippen molar-refractivity contribution in [2.45, 2.75) is 32.9 Å². The van der Waals surface area contributed by atoms with E-state index in [2.05, 4.69) is 18.7 Å². The molecular formula is C17H29ClN2O3. The summed E-state index contributed by atoms with van der Waals surface area (Å²) in [7, 11) is 4.93. The first-order chi connectivity index (χ1) is 10.4. The maximum Gasteiger partial charge on any atom is 0.203 e. The molecule has 1 aromatic carbocycles. The van der Waals surface area contributed by atoms with E-state index in [1.54, 1.807) is 21.3 Å². The smallest absolute Gasteiger partial charge is 0.203 e. The van der Waals surface area contributed by atoms with Crippen LogP contribution in [-0.4, -0.2) is 45.4 Å². The van der Waals surface area contributed by atoms with E-state index in [4.69, 9.17) is 19.9 Å². The van der Waals surface area contributed by atoms with Gasteiger partial charge in [0.2, 0.25) is 5.75 Å². The largest absolute Gasteiger partial charge is 0.493 e. The molecule has 1 saturated heterocycles. The minimum absolute atomic E-state index is 0. The predicted octanol–water partition coefficient (Wildman–Crippen LogP) is 2.69. The zero-order valence-electron chi connectivity index (χ0n) is 14.7. The lowest BCUT2D eigenvalue weighted by Crippen LogP contribution is -2.52. The van der Waals surface area contributed by atoms with Gasteiger partial charge >= 0.3 is 0 Å². The van der Waals surface area contributed by atoms with Crippen molar-refractivity contribution in [2.75, 3.05) is 34.4 Å². The molecule has 0 radical (unpaired) electrons. The molecule has 0 aromatic heterocycles. The Morgan fingerprint density at radius 3 is 2.30 bits per heavy atom. The molecule has 5 nitrogen and oxygen atoms in total. The molecule has 1 atom stereocenters. The number of piperidine rings is 1. The molecule has 0 aliphatic carbocycles. The second-order valence-electron chi connectivity index (χ2n) is 6.59. The summed E-state index contributed by atoms with van der Waals surface area (Å²) < 4.78 is 16.4. The maximum absolute atomic E-state index is 6.22. The summed E-state index contributed by atoms with van der Waals surface area (Å²) in [6, 6.07) is 4.23. The third-order valence-corrected chi connectivity index (χ3v) is 4.57. The number of likely N-dealkylation sites (tertiary alicyclic amines) is 1. The molecule has 0 saturated carbocycles. The van der Waals surface area contributed by atoms with Crippen LogP contribution in [0, 0.1) is 5.41 Å². The van der Waals surface area contributed by atoms with E-state index in [1.807, 2.05) is 12.1 Å². The molecule has 2 rings (SSSR count). The number of nitrogens with zero attached hydrogens (tertiary/aromatic N) is 1. The van der Waals surface area contributed by atoms with Crippen molar-refractivity contribution >= 4 is 12.4 Å². The maximum atomic E-state index is 6.22. The fraction of sp³-hybridized carbons (Fsp3) is 0.647. The Balaban J connectivity index is 0.00000264. The second kappa shape index (κ2) is 8.08. The summed E-state index contributed by atoms with van der Waals surface area (Å²) in [6.07, 6.45) is 1.02. The van der Waals surface area contributed by atoms with Crippen LogP contribution >= 0.6 is 12.4 Å². The summed E-state index contributed by atoms with van der Waals surface area (Å²) in [4.78, 5) is 2.42. The van der Waals surface area contributed by atoms with Crippen molar-refractivity contribution in [2.24, 2.45) is 11.1 Å². The predicted molar refractivity (Wildman–Crippen MR) is 95.0 cm³/mol. The Kier molecular flexibility index (Phi) is 6.99. The monoisotopic (exact) mass is 344 g/mol. The lowest BCUT2D eigenvalue weighted by atomic mass is 9.79. The number of hydrogen-bond donors (Lipinski definition) is 1. The number of ether oxygens (including phenoxy) is 3. The van der Waals surface area contributed by atoms with Crippen LogP contribution in [0.1, 0.15) is 25.8 Å². The highest BCUT2D eigenvalue weighted by Crippen LogP contribution is 2.40. The van der Waals surface area contributed by atoms with Gasteiger partial charge in [0.25, 0.3) is 0 Å². The third-order valence-electron chi connectivity index (χ3n) is 4.57. The standard InChI is InChI=1S/C17H28N2O3.ClH/c1-17(2)11-19(9-8-14(17)18)10-12-6-7-13(20-3)16(22-5)15(12)21-4;/h6-7,14H,8-11,18H2,1-5H3;1H. The number of halogens is 1. The average molecular weight is 345 g/mol. The van der Waals surface area contributed by atoms with Crippen LogP contribution in [0.15, 0.2) is 12.1 Å². The van der Waals surface area contributed by atoms with Crippen molar-refractivity contribution in [3.63, 3.8) is 0 Å². The van der Waals surface area contributed by atoms with Crippen molar-refractivity contribution in [1.29, 1.82) is 0 Å². The molecule has 1 aliphatic rings. The number of rotatable bonds is 5. The van der Waals surface area contributed by atoms with E-state index < -0.39 is 0 Å². The topological polar surface area (TPSA) is 57.0 Å². The Morgan fingerprint density at radius 2 is 1.78 bits per heavy atom. The third kappa shape index (κ3) is 4.22. The first kappa shape index (κ1) is 19.9. The highest BCUT2D eigenvalue weighted by atomic mass is 35.5. The lowest BCUT2D eigenvalue weighted by molar-refractivity contribution is 0.0891. The van der Waals surface area contributed by atoms with Crippen LogP contribution in [0.25, 0.3) is 0 Å². The number of nitrogens with two attached hydrogens (primary N) is 1. The van der Waals surface area contributed by atoms with Crippen LogP contribution in [0.5, 0.6) is 17.2 Å². The van der Waals surface area contributed by atoms with Crippen molar-refractivity contribution in [3.05, 3.63) is 17.7 Å². The molecule has 132 valence electrons. The van der Waals surface area contributed by atoms with Gasteiger partial charge in [-0.3, -0.25) is 4.90 Å². The van der Waals surface area contributed by atoms with E-state index in [0.29, 0.717) is 11.5 Å². The number of hydrogen-bond acceptors (Lipinski definition) is 5. The number of methoxy groups -OCH3 is 3. The van der Waals surface area contributed by atoms with Gasteiger partial charge in [-0.2, -0.15) is 0 Å². The molecule has 1 heterocycles. The molecule has 2 N–H and O–H groups in total. The van der Waals surface area contributed by atoms with Crippen LogP contribution < -0.4 is 19.9 Å². The van der Waals surface area contributed by atoms with Gasteiger partial charge in [0, 0.05) is 31.2 Å². The van der Waals surface area contributed by atoms with E-state index in [1.165, 1.54) is 0 Å². The Bertz CT molecular complexity index is 523. The first-order valence-corrected chi connectivity index (χ1v) is 7.68. The molecule has 1 aromatic rings. The van der Waals surface area contributed by atoms with Gasteiger partial charge in [0.1, 0.15) is 0 Å². The van der Waals surface area contributed by atoms with Gasteiger partial charge < -0.3 is 19.9 Å². The van der Waals surface area contributed by atoms with Gasteiger partial charge in [-0.1, -0.05) is 19.9 Å². The molecule has 1 unspecified atom stereocenters. The molecule has 0 amide bonds. The second-order valence-corrected chi connectivity index (χ2v) is 6.59. The summed E-state index contributed by atoms with van der Waals surface area (Å²) >= 11 is 0. The lowest BCUT2D eigenvalue weighted by Gasteiger charge is -2.42. The van der Waals surface area contributed by atoms with E-state index >= 15 is 0 Å². The van der Waals surface area contributed by atoms with Crippen molar-refractivity contribution < 1.29 is 14.2 Å². The molecule has 1 aliphatic heterocycles. The van der Waals surface area contributed by atoms with Gasteiger partial charge in [-0.05, 0) is 17.9 Å². The minimum atomic E-state index is 0. The quantitative estimate of drug-likeness (QED) is 0.890. The zero-order chi connectivity index (χ0) is 16.3. The van der Waals surface area contributed by atoms with Crippen molar-refractivity contribution in [1.82, 2.24) is 4.90 Å². The Hall–Kier alpha value is -1.17. The first-order valence-electron chi connectivity index (χ1n) is 7.68. The molecule has 23 heavy (non-hydrogen) atoms. The molecule has 6 heteroatoms. The van der Waals surface area contributed by atoms with E-state index in [9.17, 15) is 0 Å². The summed E-state index contributed by atoms with van der Waals surface area (Å²) in [5.74, 6) is 2.08. The average Bonchev–Trinajstić information content (AvgIpc) is 2.50. The fourth-order valence-electron chi connectivity index (χ4n) is 3.15. The molecular weight excluding hydrogens is 316 g/mol. The normalized spacial score (nSPS) is 20.5. The van der Waals surface area contributed by atoms with Crippen LogP contribution in [-0.2, 0) is 6.54 Å². The van der Waals surface area contributed by atoms with Crippen molar-refractivity contribution in [3.8, 4) is 17.2 Å². The highest BCUT2D eigenvalue weighted by Gasteiger charge is 2.33. The molecule has 1 fully saturated rings. The van der Waals surface area contributed by atoms with Gasteiger partial charge in [-0.15, -0.1) is 12.4 Å². The van der Waals surface area contributed by atoms with Crippen LogP contribution in [0.3, 0.4) is 0 Å². The van der Waals surface area contributed by atoms with Crippen LogP contribution in [0.2, 0.25) is 0 Å². The Labute approximate surface area is 145 Å². The van der Waals surface area contributed by atoms with E-state index in [0.717, 1.165) is 37.4 Å². The zero-order valence-corrected chi connectivity index (χ0v) is 15.5. The molecule has 0 bridgehead atoms. The highest BCUT2D eigenvalue weighted by molar-refractivity contribution is 5.85. The fourth-order valence-corrected chi connectivity index (χ4v) is 3.15. The summed E-state index contributed by atoms with van der Waals surface area (Å²) in [5.41, 5.74) is 7.45. The molecule has 0 spiro atoms. The minimum Gasteiger partial charge on any atom is -0.493 e. The van der Waals surface area contributed by atoms with Crippen LogP contribution in [0.4, 0.5) is 0 Å². The SMILES string of the molecule is COc1ccc(CN2CCC(N)C(C)(C)C2)c(OC)c1OC.Cl.